The highest BCUT2D eigenvalue weighted by Crippen LogP contribution is 2.16. The number of benzene rings is 1. The summed E-state index contributed by atoms with van der Waals surface area (Å²) in [6, 6.07) is 6.01. The minimum absolute atomic E-state index is 0.220. The van der Waals surface area contributed by atoms with Crippen molar-refractivity contribution in [2.24, 2.45) is 5.92 Å². The maximum atomic E-state index is 13.0. The Labute approximate surface area is 170 Å². The maximum Gasteiger partial charge on any atom is 0.310 e. The molecule has 1 aromatic rings. The second-order valence-corrected chi connectivity index (χ2v) is 7.48. The molecule has 6 nitrogen and oxygen atoms in total. The van der Waals surface area contributed by atoms with E-state index in [1.165, 1.54) is 7.11 Å². The molecule has 0 aliphatic carbocycles. The number of ether oxygens (including phenoxy) is 1. The highest BCUT2D eigenvalue weighted by atomic mass is 35.5. The number of nitrogens with zero attached hydrogens (tertiary/aromatic N) is 1. The third kappa shape index (κ3) is 7.07. The summed E-state index contributed by atoms with van der Waals surface area (Å²) in [6.45, 7) is 4.21. The van der Waals surface area contributed by atoms with E-state index in [1.54, 1.807) is 47.9 Å². The van der Waals surface area contributed by atoms with Crippen molar-refractivity contribution in [3.05, 3.63) is 34.9 Å². The molecule has 1 aromatic carbocycles. The first kappa shape index (κ1) is 23.3. The molecule has 0 bridgehead atoms. The van der Waals surface area contributed by atoms with Crippen molar-refractivity contribution in [2.75, 3.05) is 32.2 Å². The fraction of sp³-hybridized carbons (Fsp3) is 0.526. The summed E-state index contributed by atoms with van der Waals surface area (Å²) < 4.78 is 4.73. The topological polar surface area (TPSA) is 75.7 Å². The molecule has 0 fully saturated rings. The first-order chi connectivity index (χ1) is 12.8. The Hall–Kier alpha value is -1.73. The van der Waals surface area contributed by atoms with E-state index >= 15 is 0 Å². The lowest BCUT2D eigenvalue weighted by Crippen LogP contribution is -2.50. The molecular weight excluding hydrogens is 388 g/mol. The molecule has 0 spiro atoms. The summed E-state index contributed by atoms with van der Waals surface area (Å²) in [5, 5.41) is 3.13. The summed E-state index contributed by atoms with van der Waals surface area (Å²) in [7, 11) is 1.32. The molecule has 27 heavy (non-hydrogen) atoms. The minimum Gasteiger partial charge on any atom is -0.469 e. The molecule has 0 aliphatic rings. The predicted octanol–water partition coefficient (Wildman–Crippen LogP) is 2.85. The molecule has 0 aliphatic heterocycles. The van der Waals surface area contributed by atoms with Crippen molar-refractivity contribution < 1.29 is 19.1 Å². The van der Waals surface area contributed by atoms with Crippen LogP contribution in [0.4, 0.5) is 0 Å². The normalized spacial score (nSPS) is 12.8. The highest BCUT2D eigenvalue weighted by molar-refractivity contribution is 7.98. The van der Waals surface area contributed by atoms with E-state index in [0.717, 1.165) is 0 Å². The SMILES string of the molecule is CCN(CC(C)C(=O)OC)C(=O)C(CCSC)NC(=O)c1ccccc1Cl. The zero-order valence-electron chi connectivity index (χ0n) is 16.2. The molecule has 0 heterocycles. The first-order valence-corrected chi connectivity index (χ1v) is 10.5. The number of thioether (sulfide) groups is 1. The molecular formula is C19H27ClN2O4S. The van der Waals surface area contributed by atoms with Gasteiger partial charge in [0.2, 0.25) is 5.91 Å². The van der Waals surface area contributed by atoms with Gasteiger partial charge in [0.1, 0.15) is 6.04 Å². The molecule has 1 rings (SSSR count). The average Bonchev–Trinajstić information content (AvgIpc) is 2.67. The molecule has 2 amide bonds. The molecule has 0 saturated heterocycles. The standard InChI is InChI=1S/C19H27ClN2O4S/c1-5-22(12-13(2)19(25)26-3)18(24)16(10-11-27-4)21-17(23)14-8-6-7-9-15(14)20/h6-9,13,16H,5,10-12H2,1-4H3,(H,21,23). The van der Waals surface area contributed by atoms with Gasteiger partial charge in [-0.3, -0.25) is 14.4 Å². The van der Waals surface area contributed by atoms with Gasteiger partial charge in [-0.05, 0) is 37.5 Å². The Morgan fingerprint density at radius 1 is 1.30 bits per heavy atom. The molecule has 0 aromatic heterocycles. The van der Waals surface area contributed by atoms with Gasteiger partial charge >= 0.3 is 5.97 Å². The second-order valence-electron chi connectivity index (χ2n) is 6.09. The Balaban J connectivity index is 2.92. The van der Waals surface area contributed by atoms with Crippen molar-refractivity contribution in [2.45, 2.75) is 26.3 Å². The van der Waals surface area contributed by atoms with Crippen molar-refractivity contribution in [3.8, 4) is 0 Å². The molecule has 150 valence electrons. The number of hydrogen-bond donors (Lipinski definition) is 1. The van der Waals surface area contributed by atoms with Crippen LogP contribution in [-0.2, 0) is 14.3 Å². The quantitative estimate of drug-likeness (QED) is 0.596. The molecule has 0 saturated carbocycles. The van der Waals surface area contributed by atoms with Crippen LogP contribution in [0.5, 0.6) is 0 Å². The number of amides is 2. The molecule has 1 N–H and O–H groups in total. The lowest BCUT2D eigenvalue weighted by molar-refractivity contribution is -0.146. The summed E-state index contributed by atoms with van der Waals surface area (Å²) in [4.78, 5) is 38.8. The van der Waals surface area contributed by atoms with E-state index in [2.05, 4.69) is 5.32 Å². The van der Waals surface area contributed by atoms with Crippen molar-refractivity contribution in [1.29, 1.82) is 0 Å². The monoisotopic (exact) mass is 414 g/mol. The van der Waals surface area contributed by atoms with Crippen LogP contribution in [0, 0.1) is 5.92 Å². The summed E-state index contributed by atoms with van der Waals surface area (Å²) in [5.74, 6) is -0.718. The van der Waals surface area contributed by atoms with E-state index < -0.39 is 17.9 Å². The van der Waals surface area contributed by atoms with Gasteiger partial charge in [-0.25, -0.2) is 0 Å². The summed E-state index contributed by atoms with van der Waals surface area (Å²) in [6.07, 6.45) is 2.42. The van der Waals surface area contributed by atoms with E-state index in [-0.39, 0.29) is 18.4 Å². The molecule has 2 atom stereocenters. The van der Waals surface area contributed by atoms with Gasteiger partial charge in [0.25, 0.3) is 5.91 Å². The Kier molecular flexibility index (Phi) is 10.3. The number of esters is 1. The third-order valence-corrected chi connectivity index (χ3v) is 5.10. The predicted molar refractivity (Wildman–Crippen MR) is 109 cm³/mol. The van der Waals surface area contributed by atoms with E-state index in [4.69, 9.17) is 16.3 Å². The minimum atomic E-state index is -0.689. The lowest BCUT2D eigenvalue weighted by Gasteiger charge is -2.28. The molecule has 0 radical (unpaired) electrons. The number of rotatable bonds is 10. The molecule has 2 unspecified atom stereocenters. The van der Waals surface area contributed by atoms with E-state index in [9.17, 15) is 14.4 Å². The van der Waals surface area contributed by atoms with Crippen LogP contribution in [0.15, 0.2) is 24.3 Å². The maximum absolute atomic E-state index is 13.0. The van der Waals surface area contributed by atoms with Gasteiger partial charge in [0.05, 0.1) is 23.6 Å². The van der Waals surface area contributed by atoms with Gasteiger partial charge in [-0.15, -0.1) is 0 Å². The van der Waals surface area contributed by atoms with E-state index in [0.29, 0.717) is 29.3 Å². The van der Waals surface area contributed by atoms with Crippen molar-refractivity contribution in [1.82, 2.24) is 10.2 Å². The Morgan fingerprint density at radius 3 is 2.52 bits per heavy atom. The smallest absolute Gasteiger partial charge is 0.310 e. The van der Waals surface area contributed by atoms with Gasteiger partial charge in [0, 0.05) is 13.1 Å². The van der Waals surface area contributed by atoms with E-state index in [1.807, 2.05) is 13.2 Å². The largest absolute Gasteiger partial charge is 0.469 e. The van der Waals surface area contributed by atoms with Gasteiger partial charge < -0.3 is 15.0 Å². The van der Waals surface area contributed by atoms with Gasteiger partial charge in [-0.1, -0.05) is 30.7 Å². The number of nitrogens with one attached hydrogen (secondary N) is 1. The zero-order chi connectivity index (χ0) is 20.4. The fourth-order valence-corrected chi connectivity index (χ4v) is 3.27. The number of hydrogen-bond acceptors (Lipinski definition) is 5. The van der Waals surface area contributed by atoms with Crippen LogP contribution in [0.25, 0.3) is 0 Å². The number of carbonyl (C=O) groups is 3. The van der Waals surface area contributed by atoms with Crippen molar-refractivity contribution >= 4 is 41.1 Å². The Bertz CT molecular complexity index is 656. The van der Waals surface area contributed by atoms with Crippen LogP contribution in [-0.4, -0.2) is 60.9 Å². The fourth-order valence-electron chi connectivity index (χ4n) is 2.58. The highest BCUT2D eigenvalue weighted by Gasteiger charge is 2.28. The van der Waals surface area contributed by atoms with Crippen LogP contribution < -0.4 is 5.32 Å². The summed E-state index contributed by atoms with van der Waals surface area (Å²) in [5.41, 5.74) is 0.326. The lowest BCUT2D eigenvalue weighted by atomic mass is 10.1. The van der Waals surface area contributed by atoms with Crippen molar-refractivity contribution in [3.63, 3.8) is 0 Å². The number of carbonyl (C=O) groups excluding carboxylic acids is 3. The van der Waals surface area contributed by atoms with Crippen LogP contribution in [0.3, 0.4) is 0 Å². The van der Waals surface area contributed by atoms with Gasteiger partial charge in [-0.2, -0.15) is 11.8 Å². The summed E-state index contributed by atoms with van der Waals surface area (Å²) >= 11 is 7.68. The van der Waals surface area contributed by atoms with Crippen LogP contribution in [0.2, 0.25) is 5.02 Å². The molecule has 8 heteroatoms. The Morgan fingerprint density at radius 2 is 1.96 bits per heavy atom. The number of methoxy groups -OCH3 is 1. The van der Waals surface area contributed by atoms with Crippen LogP contribution in [0.1, 0.15) is 30.6 Å². The second kappa shape index (κ2) is 11.9. The third-order valence-electron chi connectivity index (χ3n) is 4.12. The number of halogens is 1. The first-order valence-electron chi connectivity index (χ1n) is 8.76. The average molecular weight is 415 g/mol. The number of likely N-dealkylation sites (N-methyl/N-ethyl adjacent to an activating group) is 1. The van der Waals surface area contributed by atoms with Crippen LogP contribution >= 0.6 is 23.4 Å². The zero-order valence-corrected chi connectivity index (χ0v) is 17.7. The van der Waals surface area contributed by atoms with Gasteiger partial charge in [0.15, 0.2) is 0 Å².